The van der Waals surface area contributed by atoms with Crippen molar-refractivity contribution in [3.63, 3.8) is 0 Å². The SMILES string of the molecule is Cc1ccc2nc(N3CCS(=O)(=O)c4ccccc4C3)cc(NC(C)CC(N)=O)c2c1. The second kappa shape index (κ2) is 8.19. The molecule has 7 nitrogen and oxygen atoms in total. The number of nitrogens with two attached hydrogens (primary N) is 1. The highest BCUT2D eigenvalue weighted by molar-refractivity contribution is 7.91. The number of amides is 1. The van der Waals surface area contributed by atoms with E-state index in [0.717, 1.165) is 27.7 Å². The summed E-state index contributed by atoms with van der Waals surface area (Å²) in [6, 6.07) is 14.9. The first-order chi connectivity index (χ1) is 14.7. The third kappa shape index (κ3) is 4.49. The van der Waals surface area contributed by atoms with Crippen molar-refractivity contribution < 1.29 is 13.2 Å². The number of hydrogen-bond donors (Lipinski definition) is 2. The Balaban J connectivity index is 1.77. The number of aromatic nitrogens is 1. The van der Waals surface area contributed by atoms with Crippen molar-refractivity contribution in [3.8, 4) is 0 Å². The molecule has 0 aliphatic carbocycles. The van der Waals surface area contributed by atoms with Gasteiger partial charge in [0, 0.05) is 42.7 Å². The summed E-state index contributed by atoms with van der Waals surface area (Å²) in [6.07, 6.45) is 0.209. The fourth-order valence-electron chi connectivity index (χ4n) is 3.98. The molecule has 0 saturated carbocycles. The van der Waals surface area contributed by atoms with Crippen LogP contribution < -0.4 is 16.0 Å². The molecule has 0 radical (unpaired) electrons. The third-order valence-electron chi connectivity index (χ3n) is 5.48. The van der Waals surface area contributed by atoms with E-state index in [2.05, 4.69) is 5.32 Å². The zero-order valence-electron chi connectivity index (χ0n) is 17.6. The molecule has 1 amide bonds. The van der Waals surface area contributed by atoms with Crippen LogP contribution in [0.3, 0.4) is 0 Å². The molecule has 2 aromatic carbocycles. The number of carbonyl (C=O) groups excluding carboxylic acids is 1. The van der Waals surface area contributed by atoms with Crippen LogP contribution in [0, 0.1) is 6.92 Å². The van der Waals surface area contributed by atoms with Crippen LogP contribution >= 0.6 is 0 Å². The van der Waals surface area contributed by atoms with Gasteiger partial charge >= 0.3 is 0 Å². The highest BCUT2D eigenvalue weighted by Crippen LogP contribution is 2.31. The first-order valence-electron chi connectivity index (χ1n) is 10.2. The van der Waals surface area contributed by atoms with Gasteiger partial charge in [0.2, 0.25) is 5.91 Å². The highest BCUT2D eigenvalue weighted by atomic mass is 32.2. The van der Waals surface area contributed by atoms with E-state index in [0.29, 0.717) is 23.8 Å². The van der Waals surface area contributed by atoms with E-state index in [9.17, 15) is 13.2 Å². The van der Waals surface area contributed by atoms with Gasteiger partial charge in [-0.15, -0.1) is 0 Å². The first kappa shape index (κ1) is 21.1. The van der Waals surface area contributed by atoms with Gasteiger partial charge in [0.05, 0.1) is 16.2 Å². The van der Waals surface area contributed by atoms with Crippen molar-refractivity contribution in [2.45, 2.75) is 37.8 Å². The number of hydrogen-bond acceptors (Lipinski definition) is 6. The number of anilines is 2. The number of rotatable bonds is 5. The Labute approximate surface area is 182 Å². The summed E-state index contributed by atoms with van der Waals surface area (Å²) in [6.45, 7) is 4.72. The molecule has 31 heavy (non-hydrogen) atoms. The number of primary amides is 1. The molecular weight excluding hydrogens is 412 g/mol. The molecule has 162 valence electrons. The fraction of sp³-hybridized carbons (Fsp3) is 0.304. The Morgan fingerprint density at radius 3 is 2.77 bits per heavy atom. The Kier molecular flexibility index (Phi) is 5.58. The minimum Gasteiger partial charge on any atom is -0.381 e. The lowest BCUT2D eigenvalue weighted by Gasteiger charge is -2.24. The Bertz CT molecular complexity index is 1260. The first-order valence-corrected chi connectivity index (χ1v) is 11.9. The molecule has 1 unspecified atom stereocenters. The van der Waals surface area contributed by atoms with Crippen molar-refractivity contribution in [1.82, 2.24) is 4.98 Å². The summed E-state index contributed by atoms with van der Waals surface area (Å²) in [4.78, 5) is 18.6. The molecule has 1 atom stereocenters. The van der Waals surface area contributed by atoms with Gasteiger partial charge in [0.25, 0.3) is 0 Å². The van der Waals surface area contributed by atoms with Crippen molar-refractivity contribution in [3.05, 3.63) is 59.7 Å². The van der Waals surface area contributed by atoms with Crippen LogP contribution in [0.1, 0.15) is 24.5 Å². The third-order valence-corrected chi connectivity index (χ3v) is 7.27. The smallest absolute Gasteiger partial charge is 0.219 e. The lowest BCUT2D eigenvalue weighted by atomic mass is 10.1. The second-order valence-electron chi connectivity index (χ2n) is 8.11. The highest BCUT2D eigenvalue weighted by Gasteiger charge is 2.26. The van der Waals surface area contributed by atoms with E-state index in [1.165, 1.54) is 0 Å². The maximum absolute atomic E-state index is 12.7. The molecule has 0 saturated heterocycles. The van der Waals surface area contributed by atoms with Crippen molar-refractivity contribution >= 4 is 38.2 Å². The quantitative estimate of drug-likeness (QED) is 0.634. The lowest BCUT2D eigenvalue weighted by molar-refractivity contribution is -0.118. The van der Waals surface area contributed by atoms with Crippen LogP contribution in [0.5, 0.6) is 0 Å². The van der Waals surface area contributed by atoms with Gasteiger partial charge in [-0.1, -0.05) is 29.8 Å². The van der Waals surface area contributed by atoms with Gasteiger partial charge in [0.15, 0.2) is 9.84 Å². The van der Waals surface area contributed by atoms with Crippen LogP contribution in [-0.2, 0) is 21.2 Å². The van der Waals surface area contributed by atoms with Gasteiger partial charge in [0.1, 0.15) is 5.82 Å². The molecule has 3 N–H and O–H groups in total. The van der Waals surface area contributed by atoms with E-state index in [1.54, 1.807) is 12.1 Å². The van der Waals surface area contributed by atoms with Crippen molar-refractivity contribution in [2.75, 3.05) is 22.5 Å². The molecule has 8 heteroatoms. The number of nitrogens with one attached hydrogen (secondary N) is 1. The van der Waals surface area contributed by atoms with Crippen LogP contribution in [0.2, 0.25) is 0 Å². The number of benzene rings is 2. The van der Waals surface area contributed by atoms with Crippen LogP contribution in [0.15, 0.2) is 53.4 Å². The monoisotopic (exact) mass is 438 g/mol. The molecule has 0 bridgehead atoms. The lowest BCUT2D eigenvalue weighted by Crippen LogP contribution is -2.27. The summed E-state index contributed by atoms with van der Waals surface area (Å²) in [5.74, 6) is 0.347. The largest absolute Gasteiger partial charge is 0.381 e. The Hall–Kier alpha value is -3.13. The zero-order chi connectivity index (χ0) is 22.2. The van der Waals surface area contributed by atoms with E-state index in [1.807, 2.05) is 55.1 Å². The molecule has 3 aromatic rings. The average molecular weight is 439 g/mol. The molecule has 0 fully saturated rings. The Morgan fingerprint density at radius 2 is 2.00 bits per heavy atom. The maximum Gasteiger partial charge on any atom is 0.219 e. The summed E-state index contributed by atoms with van der Waals surface area (Å²) in [7, 11) is -3.35. The average Bonchev–Trinajstić information content (AvgIpc) is 2.84. The number of nitrogens with zero attached hydrogens (tertiary/aromatic N) is 2. The summed E-state index contributed by atoms with van der Waals surface area (Å²) < 4.78 is 25.5. The van der Waals surface area contributed by atoms with Crippen LogP contribution in [0.25, 0.3) is 10.9 Å². The van der Waals surface area contributed by atoms with Gasteiger partial charge in [-0.3, -0.25) is 4.79 Å². The number of carbonyl (C=O) groups is 1. The van der Waals surface area contributed by atoms with E-state index in [-0.39, 0.29) is 24.1 Å². The number of fused-ring (bicyclic) bond motifs is 2. The molecule has 1 aliphatic rings. The van der Waals surface area contributed by atoms with Gasteiger partial charge in [-0.2, -0.15) is 0 Å². The topological polar surface area (TPSA) is 105 Å². The fourth-order valence-corrected chi connectivity index (χ4v) is 5.48. The minimum absolute atomic E-state index is 0.0263. The Morgan fingerprint density at radius 1 is 1.23 bits per heavy atom. The van der Waals surface area contributed by atoms with E-state index < -0.39 is 9.84 Å². The summed E-state index contributed by atoms with van der Waals surface area (Å²) in [5, 5.41) is 4.34. The molecule has 1 aromatic heterocycles. The predicted molar refractivity (Wildman–Crippen MR) is 123 cm³/mol. The van der Waals surface area contributed by atoms with Crippen LogP contribution in [-0.4, -0.2) is 37.6 Å². The molecular formula is C23H26N4O3S. The summed E-state index contributed by atoms with van der Waals surface area (Å²) in [5.41, 5.74) is 8.88. The number of sulfone groups is 1. The molecule has 1 aliphatic heterocycles. The van der Waals surface area contributed by atoms with Crippen molar-refractivity contribution in [2.24, 2.45) is 5.73 Å². The standard InChI is InChI=1S/C23H26N4O3S/c1-15-7-8-19-18(11-15)20(25-16(2)12-22(24)28)13-23(26-19)27-9-10-31(29,30)21-6-4-3-5-17(21)14-27/h3-8,11,13,16H,9-10,12,14H2,1-2H3,(H2,24,28)(H,25,26). The van der Waals surface area contributed by atoms with E-state index >= 15 is 0 Å². The van der Waals surface area contributed by atoms with Gasteiger partial charge < -0.3 is 16.0 Å². The normalized spacial score (nSPS) is 16.4. The number of aryl methyl sites for hydroxylation is 1. The van der Waals surface area contributed by atoms with Crippen LogP contribution in [0.4, 0.5) is 11.5 Å². The predicted octanol–water partition coefficient (Wildman–Crippen LogP) is 3.01. The molecule has 2 heterocycles. The van der Waals surface area contributed by atoms with Gasteiger partial charge in [-0.25, -0.2) is 13.4 Å². The minimum atomic E-state index is -3.35. The second-order valence-corrected chi connectivity index (χ2v) is 10.2. The summed E-state index contributed by atoms with van der Waals surface area (Å²) >= 11 is 0. The van der Waals surface area contributed by atoms with Crippen molar-refractivity contribution in [1.29, 1.82) is 0 Å². The molecule has 0 spiro atoms. The molecule has 4 rings (SSSR count). The number of pyridine rings is 1. The van der Waals surface area contributed by atoms with E-state index in [4.69, 9.17) is 10.7 Å². The maximum atomic E-state index is 12.7. The zero-order valence-corrected chi connectivity index (χ0v) is 18.4. The van der Waals surface area contributed by atoms with Gasteiger partial charge in [-0.05, 0) is 37.6 Å².